The largest absolute Gasteiger partial charge is 0.357 e. The molecular weight excluding hydrogens is 399 g/mol. The highest BCUT2D eigenvalue weighted by Crippen LogP contribution is 2.44. The van der Waals surface area contributed by atoms with Gasteiger partial charge < -0.3 is 9.79 Å². The van der Waals surface area contributed by atoms with Gasteiger partial charge in [0.05, 0.1) is 10.2 Å². The lowest BCUT2D eigenvalue weighted by atomic mass is 9.86. The van der Waals surface area contributed by atoms with Gasteiger partial charge in [-0.05, 0) is 39.2 Å². The van der Waals surface area contributed by atoms with Gasteiger partial charge in [-0.1, -0.05) is 90.1 Å². The van der Waals surface area contributed by atoms with Crippen LogP contribution in [0.3, 0.4) is 0 Å². The van der Waals surface area contributed by atoms with Gasteiger partial charge in [-0.2, -0.15) is 0 Å². The summed E-state index contributed by atoms with van der Waals surface area (Å²) in [5.74, 6) is 0. The monoisotopic (exact) mass is 428 g/mol. The van der Waals surface area contributed by atoms with Crippen molar-refractivity contribution < 1.29 is 14.4 Å². The predicted molar refractivity (Wildman–Crippen MR) is 124 cm³/mol. The third kappa shape index (κ3) is 4.90. The van der Waals surface area contributed by atoms with E-state index in [1.54, 1.807) is 6.07 Å². The minimum atomic E-state index is -4.39. The van der Waals surface area contributed by atoms with Crippen molar-refractivity contribution in [2.24, 2.45) is 0 Å². The number of hydrogen-bond acceptors (Lipinski definition) is 2. The molecule has 2 aromatic carbocycles. The van der Waals surface area contributed by atoms with E-state index in [2.05, 4.69) is 53.7 Å². The zero-order chi connectivity index (χ0) is 21.6. The van der Waals surface area contributed by atoms with E-state index in [0.717, 1.165) is 16.0 Å². The highest BCUT2D eigenvalue weighted by atomic mass is 32.1. The second kappa shape index (κ2) is 7.52. The molecule has 0 saturated carbocycles. The van der Waals surface area contributed by atoms with Crippen molar-refractivity contribution in [1.82, 2.24) is 0 Å². The Balaban J connectivity index is 2.07. The molecule has 0 atom stereocenters. The van der Waals surface area contributed by atoms with E-state index in [-0.39, 0.29) is 16.1 Å². The fraction of sp³-hybridized carbons (Fsp3) is 0.333. The van der Waals surface area contributed by atoms with Gasteiger partial charge in [0.15, 0.2) is 0 Å². The molecule has 2 N–H and O–H groups in total. The molecule has 5 heteroatoms. The fourth-order valence-corrected chi connectivity index (χ4v) is 5.54. The van der Waals surface area contributed by atoms with Gasteiger partial charge in [0.1, 0.15) is 0 Å². The van der Waals surface area contributed by atoms with Crippen LogP contribution in [0.1, 0.15) is 52.7 Å². The summed E-state index contributed by atoms with van der Waals surface area (Å²) in [5, 5.41) is 0.0981. The lowest BCUT2D eigenvalue weighted by Gasteiger charge is -2.19. The quantitative estimate of drug-likeness (QED) is 0.470. The minimum absolute atomic E-state index is 0.0278. The van der Waals surface area contributed by atoms with Gasteiger partial charge in [0, 0.05) is 4.88 Å². The smallest absolute Gasteiger partial charge is 0.321 e. The number of benzene rings is 2. The van der Waals surface area contributed by atoms with Gasteiger partial charge in [0.2, 0.25) is 0 Å². The number of hydrogen-bond donors (Lipinski definition) is 2. The summed E-state index contributed by atoms with van der Waals surface area (Å²) in [5.41, 5.74) is 4.30. The maximum Gasteiger partial charge on any atom is 0.357 e. The number of rotatable bonds is 3. The molecule has 154 valence electrons. The van der Waals surface area contributed by atoms with Crippen LogP contribution in [0.15, 0.2) is 54.6 Å². The van der Waals surface area contributed by atoms with Crippen LogP contribution in [-0.4, -0.2) is 9.79 Å². The highest BCUT2D eigenvalue weighted by Gasteiger charge is 2.26. The average Bonchev–Trinajstić information content (AvgIpc) is 3.06. The van der Waals surface area contributed by atoms with Crippen LogP contribution >= 0.6 is 18.9 Å². The first-order valence-electron chi connectivity index (χ1n) is 9.68. The van der Waals surface area contributed by atoms with Crippen molar-refractivity contribution >= 4 is 24.2 Å². The lowest BCUT2D eigenvalue weighted by Crippen LogP contribution is -2.10. The Kier molecular flexibility index (Phi) is 5.70. The Morgan fingerprint density at radius 3 is 1.52 bits per heavy atom. The van der Waals surface area contributed by atoms with E-state index in [9.17, 15) is 14.4 Å². The van der Waals surface area contributed by atoms with E-state index in [0.29, 0.717) is 4.88 Å². The Bertz CT molecular complexity index is 1040. The van der Waals surface area contributed by atoms with E-state index in [4.69, 9.17) is 0 Å². The first kappa shape index (κ1) is 22.0. The highest BCUT2D eigenvalue weighted by molar-refractivity contribution is 7.61. The summed E-state index contributed by atoms with van der Waals surface area (Å²) in [7, 11) is -4.39. The van der Waals surface area contributed by atoms with Gasteiger partial charge >= 0.3 is 7.60 Å². The van der Waals surface area contributed by atoms with E-state index >= 15 is 0 Å². The van der Waals surface area contributed by atoms with Crippen molar-refractivity contribution in [2.45, 2.75) is 52.4 Å². The first-order chi connectivity index (χ1) is 13.3. The Morgan fingerprint density at radius 1 is 0.724 bits per heavy atom. The van der Waals surface area contributed by atoms with Crippen LogP contribution in [0, 0.1) is 0 Å². The summed E-state index contributed by atoms with van der Waals surface area (Å²) in [6.45, 7) is 12.9. The molecule has 0 spiro atoms. The molecular formula is C24H29O3PS. The van der Waals surface area contributed by atoms with Crippen LogP contribution in [-0.2, 0) is 15.4 Å². The summed E-state index contributed by atoms with van der Waals surface area (Å²) < 4.78 is 12.2. The Hall–Kier alpha value is -1.71. The van der Waals surface area contributed by atoms with Crippen LogP contribution in [0.5, 0.6) is 0 Å². The molecule has 3 rings (SSSR count). The molecule has 3 aromatic rings. The molecule has 1 aromatic heterocycles. The second-order valence-corrected chi connectivity index (χ2v) is 12.1. The molecule has 0 unspecified atom stereocenters. The van der Waals surface area contributed by atoms with Gasteiger partial charge in [0.25, 0.3) is 0 Å². The zero-order valence-electron chi connectivity index (χ0n) is 17.9. The molecule has 0 bridgehead atoms. The summed E-state index contributed by atoms with van der Waals surface area (Å²) >= 11 is 1.43. The van der Waals surface area contributed by atoms with Crippen LogP contribution in [0.25, 0.3) is 20.9 Å². The molecule has 1 heterocycles. The predicted octanol–water partition coefficient (Wildman–Crippen LogP) is 6.48. The third-order valence-corrected chi connectivity index (χ3v) is 7.44. The second-order valence-electron chi connectivity index (χ2n) is 9.52. The molecule has 0 aliphatic heterocycles. The third-order valence-electron chi connectivity index (χ3n) is 5.07. The van der Waals surface area contributed by atoms with Gasteiger partial charge in [-0.3, -0.25) is 4.57 Å². The minimum Gasteiger partial charge on any atom is -0.321 e. The van der Waals surface area contributed by atoms with E-state index in [1.165, 1.54) is 22.5 Å². The lowest BCUT2D eigenvalue weighted by molar-refractivity contribution is 0.387. The van der Waals surface area contributed by atoms with Gasteiger partial charge in [-0.25, -0.2) is 0 Å². The van der Waals surface area contributed by atoms with Crippen molar-refractivity contribution in [3.05, 3.63) is 65.7 Å². The SMILES string of the molecule is CC(C)(C)c1ccc(-c2cc(P(=O)(O)O)c(-c3ccc(C(C)(C)C)cc3)s2)cc1. The normalized spacial score (nSPS) is 13.0. The van der Waals surface area contributed by atoms with Gasteiger partial charge in [-0.15, -0.1) is 11.3 Å². The Labute approximate surface area is 177 Å². The van der Waals surface area contributed by atoms with E-state index in [1.807, 2.05) is 36.4 Å². The standard InChI is InChI=1S/C24H29O3PS/c1-23(2,3)18-11-7-16(8-12-18)21-15-20(28(25,26)27)22(29-21)17-9-13-19(14-10-17)24(4,5)6/h7-15H,1-6H3,(H2,25,26,27). The summed E-state index contributed by atoms with van der Waals surface area (Å²) in [4.78, 5) is 21.4. The molecule has 0 aliphatic carbocycles. The van der Waals surface area contributed by atoms with E-state index < -0.39 is 7.60 Å². The summed E-state index contributed by atoms with van der Waals surface area (Å²) in [6, 6.07) is 17.9. The molecule has 3 nitrogen and oxygen atoms in total. The topological polar surface area (TPSA) is 57.5 Å². The first-order valence-corrected chi connectivity index (χ1v) is 12.1. The maximum absolute atomic E-state index is 12.2. The molecule has 0 saturated heterocycles. The van der Waals surface area contributed by atoms with Crippen molar-refractivity contribution in [1.29, 1.82) is 0 Å². The zero-order valence-corrected chi connectivity index (χ0v) is 19.6. The van der Waals surface area contributed by atoms with Crippen molar-refractivity contribution in [2.75, 3.05) is 0 Å². The molecule has 0 radical (unpaired) electrons. The molecule has 29 heavy (non-hydrogen) atoms. The van der Waals surface area contributed by atoms with Crippen molar-refractivity contribution in [3.63, 3.8) is 0 Å². The van der Waals surface area contributed by atoms with Crippen LogP contribution in [0.4, 0.5) is 0 Å². The fourth-order valence-electron chi connectivity index (χ4n) is 3.20. The Morgan fingerprint density at radius 2 is 1.14 bits per heavy atom. The average molecular weight is 429 g/mol. The molecule has 0 amide bonds. The number of thiophene rings is 1. The van der Waals surface area contributed by atoms with Crippen molar-refractivity contribution in [3.8, 4) is 20.9 Å². The summed E-state index contributed by atoms with van der Waals surface area (Å²) in [6.07, 6.45) is 0. The maximum atomic E-state index is 12.2. The molecule has 0 aliphatic rings. The van der Waals surface area contributed by atoms with Crippen LogP contribution < -0.4 is 5.30 Å². The van der Waals surface area contributed by atoms with Crippen LogP contribution in [0.2, 0.25) is 0 Å². The molecule has 0 fully saturated rings.